The predicted molar refractivity (Wildman–Crippen MR) is 100 cm³/mol. The molecule has 0 aliphatic rings. The van der Waals surface area contributed by atoms with E-state index in [2.05, 4.69) is 39.0 Å². The van der Waals surface area contributed by atoms with Gasteiger partial charge in [0, 0.05) is 41.3 Å². The minimum Gasteiger partial charge on any atom is -0.396 e. The molecule has 0 aliphatic heterocycles. The van der Waals surface area contributed by atoms with Crippen LogP contribution >= 0.6 is 0 Å². The van der Waals surface area contributed by atoms with Crippen LogP contribution in [0, 0.1) is 0 Å². The van der Waals surface area contributed by atoms with Gasteiger partial charge in [0.05, 0.1) is 11.2 Å². The van der Waals surface area contributed by atoms with Crippen LogP contribution < -0.4 is 11.1 Å². The fourth-order valence-corrected chi connectivity index (χ4v) is 2.90. The second-order valence-electron chi connectivity index (χ2n) is 5.83. The summed E-state index contributed by atoms with van der Waals surface area (Å²) in [7, 11) is 0. The molecule has 0 amide bonds. The minimum absolute atomic E-state index is 0.627. The summed E-state index contributed by atoms with van der Waals surface area (Å²) in [5.74, 6) is 0.627. The number of nitrogen functional groups attached to an aromatic ring is 1. The monoisotopic (exact) mass is 324 g/mol. The number of nitrogens with two attached hydrogens (primary N) is 1. The molecule has 0 saturated carbocycles. The Hall–Kier alpha value is -2.47. The quantitative estimate of drug-likeness (QED) is 0.395. The highest BCUT2D eigenvalue weighted by Crippen LogP contribution is 2.28. The summed E-state index contributed by atoms with van der Waals surface area (Å²) < 4.78 is 0. The van der Waals surface area contributed by atoms with Crippen LogP contribution in [0.3, 0.4) is 0 Å². The lowest BCUT2D eigenvalue weighted by Crippen LogP contribution is -2.25. The molecule has 3 rings (SSSR count). The van der Waals surface area contributed by atoms with Gasteiger partial charge in [-0.3, -0.25) is 4.98 Å². The first kappa shape index (κ1) is 16.4. The largest absolute Gasteiger partial charge is 0.396 e. The second-order valence-corrected chi connectivity index (χ2v) is 5.83. The van der Waals surface area contributed by atoms with Crippen molar-refractivity contribution in [3.05, 3.63) is 30.7 Å². The van der Waals surface area contributed by atoms with E-state index in [1.54, 1.807) is 6.20 Å². The third kappa shape index (κ3) is 3.38. The van der Waals surface area contributed by atoms with Crippen molar-refractivity contribution >= 4 is 33.3 Å². The molecule has 0 atom stereocenters. The molecule has 2 heterocycles. The van der Waals surface area contributed by atoms with E-state index in [4.69, 9.17) is 5.73 Å². The van der Waals surface area contributed by atoms with E-state index in [-0.39, 0.29) is 0 Å². The van der Waals surface area contributed by atoms with Gasteiger partial charge in [0.1, 0.15) is 0 Å². The molecular formula is C18H24N6. The Morgan fingerprint density at radius 1 is 1.17 bits per heavy atom. The smallest absolute Gasteiger partial charge is 0.223 e. The molecule has 1 aromatic carbocycles. The van der Waals surface area contributed by atoms with E-state index in [1.807, 2.05) is 24.5 Å². The summed E-state index contributed by atoms with van der Waals surface area (Å²) >= 11 is 0. The van der Waals surface area contributed by atoms with Gasteiger partial charge in [0.25, 0.3) is 0 Å². The van der Waals surface area contributed by atoms with Crippen molar-refractivity contribution in [2.45, 2.75) is 20.3 Å². The van der Waals surface area contributed by atoms with Crippen molar-refractivity contribution in [2.24, 2.45) is 0 Å². The zero-order chi connectivity index (χ0) is 16.9. The summed E-state index contributed by atoms with van der Waals surface area (Å²) in [6.45, 7) is 8.47. The van der Waals surface area contributed by atoms with Crippen LogP contribution in [0.1, 0.15) is 20.3 Å². The molecule has 0 spiro atoms. The van der Waals surface area contributed by atoms with Gasteiger partial charge in [-0.2, -0.15) is 0 Å². The van der Waals surface area contributed by atoms with E-state index < -0.39 is 0 Å². The molecule has 6 nitrogen and oxygen atoms in total. The first-order chi connectivity index (χ1) is 11.7. The fraction of sp³-hybridized carbons (Fsp3) is 0.389. The Balaban J connectivity index is 1.76. The zero-order valence-electron chi connectivity index (χ0n) is 14.3. The molecule has 0 fully saturated rings. The zero-order valence-corrected chi connectivity index (χ0v) is 14.3. The Bertz CT molecular complexity index is 828. The number of rotatable bonds is 7. The van der Waals surface area contributed by atoms with Crippen LogP contribution in [0.15, 0.2) is 30.7 Å². The molecular weight excluding hydrogens is 300 g/mol. The van der Waals surface area contributed by atoms with Gasteiger partial charge in [-0.1, -0.05) is 13.8 Å². The summed E-state index contributed by atoms with van der Waals surface area (Å²) in [5.41, 5.74) is 7.77. The number of nitrogens with zero attached hydrogens (tertiary/aromatic N) is 4. The average Bonchev–Trinajstić information content (AvgIpc) is 2.62. The molecule has 126 valence electrons. The molecule has 0 radical (unpaired) electrons. The summed E-state index contributed by atoms with van der Waals surface area (Å²) in [4.78, 5) is 15.5. The van der Waals surface area contributed by atoms with Crippen molar-refractivity contribution < 1.29 is 0 Å². The fourth-order valence-electron chi connectivity index (χ4n) is 2.90. The second kappa shape index (κ2) is 7.40. The highest BCUT2D eigenvalue weighted by molar-refractivity contribution is 6.08. The van der Waals surface area contributed by atoms with Crippen LogP contribution in [0.2, 0.25) is 0 Å². The van der Waals surface area contributed by atoms with E-state index in [9.17, 15) is 0 Å². The molecule has 0 unspecified atom stereocenters. The maximum Gasteiger partial charge on any atom is 0.223 e. The van der Waals surface area contributed by atoms with Gasteiger partial charge < -0.3 is 16.0 Å². The number of fused-ring (bicyclic) bond motifs is 2. The number of pyridine rings is 1. The van der Waals surface area contributed by atoms with Crippen molar-refractivity contribution in [2.75, 3.05) is 37.2 Å². The van der Waals surface area contributed by atoms with Gasteiger partial charge >= 0.3 is 0 Å². The number of hydrogen-bond acceptors (Lipinski definition) is 6. The van der Waals surface area contributed by atoms with Gasteiger partial charge in [0.15, 0.2) is 0 Å². The van der Waals surface area contributed by atoms with Crippen molar-refractivity contribution in [3.8, 4) is 0 Å². The standard InChI is InChI=1S/C18H24N6/c1-3-24(4-2)9-5-7-21-18-22-12-14-10-13-11-20-8-6-15(13)16(19)17(14)23-18/h6,8,10-12H,3-5,7,9,19H2,1-2H3,(H,21,22,23). The van der Waals surface area contributed by atoms with Crippen LogP contribution in [-0.2, 0) is 0 Å². The Morgan fingerprint density at radius 3 is 2.79 bits per heavy atom. The molecule has 24 heavy (non-hydrogen) atoms. The van der Waals surface area contributed by atoms with E-state index in [0.29, 0.717) is 11.6 Å². The first-order valence-electron chi connectivity index (χ1n) is 8.48. The van der Waals surface area contributed by atoms with E-state index in [1.165, 1.54) is 0 Å². The number of hydrogen-bond donors (Lipinski definition) is 2. The van der Waals surface area contributed by atoms with Crippen molar-refractivity contribution in [1.82, 2.24) is 19.9 Å². The lowest BCUT2D eigenvalue weighted by molar-refractivity contribution is 0.303. The van der Waals surface area contributed by atoms with Gasteiger partial charge in [0.2, 0.25) is 5.95 Å². The lowest BCUT2D eigenvalue weighted by Gasteiger charge is -2.17. The van der Waals surface area contributed by atoms with E-state index in [0.717, 1.165) is 54.3 Å². The van der Waals surface area contributed by atoms with Crippen LogP contribution in [-0.4, -0.2) is 46.0 Å². The van der Waals surface area contributed by atoms with Crippen LogP contribution in [0.25, 0.3) is 21.7 Å². The molecule has 0 saturated heterocycles. The number of benzene rings is 1. The molecule has 0 bridgehead atoms. The number of aromatic nitrogens is 3. The van der Waals surface area contributed by atoms with Crippen molar-refractivity contribution in [3.63, 3.8) is 0 Å². The van der Waals surface area contributed by atoms with Gasteiger partial charge in [-0.15, -0.1) is 0 Å². The minimum atomic E-state index is 0.627. The maximum atomic E-state index is 6.30. The maximum absolute atomic E-state index is 6.30. The highest BCUT2D eigenvalue weighted by atomic mass is 15.1. The average molecular weight is 324 g/mol. The third-order valence-electron chi connectivity index (χ3n) is 4.35. The summed E-state index contributed by atoms with van der Waals surface area (Å²) in [5, 5.41) is 6.21. The van der Waals surface area contributed by atoms with Gasteiger partial charge in [-0.05, 0) is 38.2 Å². The molecule has 0 aliphatic carbocycles. The third-order valence-corrected chi connectivity index (χ3v) is 4.35. The van der Waals surface area contributed by atoms with Crippen LogP contribution in [0.4, 0.5) is 11.6 Å². The Kier molecular flexibility index (Phi) is 5.05. The topological polar surface area (TPSA) is 80.0 Å². The number of anilines is 2. The van der Waals surface area contributed by atoms with Crippen molar-refractivity contribution in [1.29, 1.82) is 0 Å². The molecule has 3 aromatic rings. The molecule has 3 N–H and O–H groups in total. The Morgan fingerprint density at radius 2 is 2.00 bits per heavy atom. The molecule has 6 heteroatoms. The SMILES string of the molecule is CCN(CC)CCCNc1ncc2cc3cnccc3c(N)c2n1. The van der Waals surface area contributed by atoms with Crippen LogP contribution in [0.5, 0.6) is 0 Å². The lowest BCUT2D eigenvalue weighted by atomic mass is 10.1. The number of nitrogens with one attached hydrogen (secondary N) is 1. The normalized spacial score (nSPS) is 11.5. The molecule has 2 aromatic heterocycles. The van der Waals surface area contributed by atoms with Gasteiger partial charge in [-0.25, -0.2) is 9.97 Å². The highest BCUT2D eigenvalue weighted by Gasteiger charge is 2.08. The summed E-state index contributed by atoms with van der Waals surface area (Å²) in [6, 6.07) is 3.95. The van der Waals surface area contributed by atoms with E-state index >= 15 is 0 Å². The predicted octanol–water partition coefficient (Wildman–Crippen LogP) is 2.90. The Labute approximate surface area is 142 Å². The summed E-state index contributed by atoms with van der Waals surface area (Å²) in [6.07, 6.45) is 6.43. The first-order valence-corrected chi connectivity index (χ1v) is 8.48.